The molecular weight excluding hydrogens is 418 g/mol. The first-order valence-electron chi connectivity index (χ1n) is 9.96. The fourth-order valence-corrected chi connectivity index (χ4v) is 3.89. The Morgan fingerprint density at radius 2 is 1.90 bits per heavy atom. The lowest BCUT2D eigenvalue weighted by Crippen LogP contribution is -2.43. The van der Waals surface area contributed by atoms with Crippen LogP contribution in [0.5, 0.6) is 0 Å². The van der Waals surface area contributed by atoms with Gasteiger partial charge in [-0.05, 0) is 43.3 Å². The van der Waals surface area contributed by atoms with Gasteiger partial charge in [-0.2, -0.15) is 0 Å². The van der Waals surface area contributed by atoms with E-state index < -0.39 is 6.09 Å². The van der Waals surface area contributed by atoms with Crippen LogP contribution in [-0.4, -0.2) is 56.9 Å². The summed E-state index contributed by atoms with van der Waals surface area (Å²) in [6.45, 7) is 3.35. The Kier molecular flexibility index (Phi) is 6.15. The van der Waals surface area contributed by atoms with E-state index in [1.807, 2.05) is 13.0 Å². The number of cyclic esters (lactones) is 1. The van der Waals surface area contributed by atoms with Crippen molar-refractivity contribution in [2.24, 2.45) is 0 Å². The van der Waals surface area contributed by atoms with E-state index in [0.717, 1.165) is 11.3 Å². The number of nitrogens with one attached hydrogen (secondary N) is 1. The van der Waals surface area contributed by atoms with Gasteiger partial charge in [-0.25, -0.2) is 4.79 Å². The van der Waals surface area contributed by atoms with Gasteiger partial charge in [0.25, 0.3) is 11.8 Å². The van der Waals surface area contributed by atoms with E-state index in [-0.39, 0.29) is 37.6 Å². The average Bonchev–Trinajstić information content (AvgIpc) is 3.14. The lowest BCUT2D eigenvalue weighted by atomic mass is 10.1. The predicted octanol–water partition coefficient (Wildman–Crippen LogP) is 2.40. The molecule has 4 rings (SSSR count). The van der Waals surface area contributed by atoms with E-state index in [1.165, 1.54) is 4.90 Å². The van der Waals surface area contributed by atoms with Gasteiger partial charge in [-0.1, -0.05) is 11.6 Å². The fourth-order valence-electron chi connectivity index (χ4n) is 3.65. The van der Waals surface area contributed by atoms with Gasteiger partial charge in [0.05, 0.1) is 18.2 Å². The molecule has 1 atom stereocenters. The van der Waals surface area contributed by atoms with Crippen molar-refractivity contribution < 1.29 is 23.9 Å². The maximum atomic E-state index is 12.6. The summed E-state index contributed by atoms with van der Waals surface area (Å²) in [5.41, 5.74) is 2.83. The van der Waals surface area contributed by atoms with E-state index in [2.05, 4.69) is 17.9 Å². The van der Waals surface area contributed by atoms with E-state index in [9.17, 15) is 14.4 Å². The third-order valence-electron chi connectivity index (χ3n) is 5.28. The lowest BCUT2D eigenvalue weighted by Gasteiger charge is -2.27. The average molecular weight is 442 g/mol. The number of hydrogen-bond acceptors (Lipinski definition) is 6. The minimum Gasteiger partial charge on any atom is -0.447 e. The van der Waals surface area contributed by atoms with Gasteiger partial charge in [0.1, 0.15) is 13.2 Å². The molecule has 3 amide bonds. The normalized spacial score (nSPS) is 18.8. The van der Waals surface area contributed by atoms with Crippen LogP contribution >= 0.6 is 12.6 Å². The molecule has 1 N–H and O–H groups in total. The monoisotopic (exact) mass is 441 g/mol. The van der Waals surface area contributed by atoms with Crippen LogP contribution in [-0.2, 0) is 14.3 Å². The van der Waals surface area contributed by atoms with Crippen molar-refractivity contribution in [3.8, 4) is 0 Å². The SMILES string of the molecule is Cc1ccc(S)c(C(=O)NCC2COC(=O)N2c2ccc(N3CCOCC3=O)cc2)c1. The summed E-state index contributed by atoms with van der Waals surface area (Å²) in [6, 6.07) is 12.2. The number of ether oxygens (including phenoxy) is 2. The number of benzene rings is 2. The van der Waals surface area contributed by atoms with Gasteiger partial charge in [0, 0.05) is 29.4 Å². The Morgan fingerprint density at radius 3 is 2.65 bits per heavy atom. The first-order chi connectivity index (χ1) is 14.9. The molecule has 2 aromatic carbocycles. The summed E-state index contributed by atoms with van der Waals surface area (Å²) in [6.07, 6.45) is -0.472. The molecule has 1 unspecified atom stereocenters. The molecule has 0 aliphatic carbocycles. The number of nitrogens with zero attached hydrogens (tertiary/aromatic N) is 2. The highest BCUT2D eigenvalue weighted by atomic mass is 32.1. The maximum Gasteiger partial charge on any atom is 0.414 e. The van der Waals surface area contributed by atoms with Crippen molar-refractivity contribution >= 4 is 41.9 Å². The van der Waals surface area contributed by atoms with Crippen molar-refractivity contribution in [3.05, 3.63) is 53.6 Å². The number of thiol groups is 1. The molecule has 0 bridgehead atoms. The van der Waals surface area contributed by atoms with Crippen molar-refractivity contribution in [2.75, 3.05) is 42.7 Å². The van der Waals surface area contributed by atoms with Crippen LogP contribution in [0.2, 0.25) is 0 Å². The molecule has 0 saturated carbocycles. The summed E-state index contributed by atoms with van der Waals surface area (Å²) < 4.78 is 10.4. The molecule has 8 nitrogen and oxygen atoms in total. The van der Waals surface area contributed by atoms with Crippen LogP contribution in [0.3, 0.4) is 0 Å². The number of carbonyl (C=O) groups excluding carboxylic acids is 3. The third-order valence-corrected chi connectivity index (χ3v) is 5.67. The molecule has 2 aromatic rings. The van der Waals surface area contributed by atoms with Gasteiger partial charge in [0.2, 0.25) is 0 Å². The summed E-state index contributed by atoms with van der Waals surface area (Å²) in [7, 11) is 0. The van der Waals surface area contributed by atoms with Gasteiger partial charge in [0.15, 0.2) is 0 Å². The largest absolute Gasteiger partial charge is 0.447 e. The van der Waals surface area contributed by atoms with Crippen LogP contribution in [0.25, 0.3) is 0 Å². The molecule has 31 heavy (non-hydrogen) atoms. The second-order valence-corrected chi connectivity index (χ2v) is 7.93. The summed E-state index contributed by atoms with van der Waals surface area (Å²) in [5.74, 6) is -0.353. The molecule has 2 saturated heterocycles. The molecule has 0 spiro atoms. The number of amides is 3. The Hall–Kier alpha value is -3.04. The quantitative estimate of drug-likeness (QED) is 0.696. The Bertz CT molecular complexity index is 1010. The maximum absolute atomic E-state index is 12.6. The Morgan fingerprint density at radius 1 is 1.16 bits per heavy atom. The Balaban J connectivity index is 1.45. The zero-order valence-corrected chi connectivity index (χ0v) is 17.9. The number of anilines is 2. The molecule has 2 fully saturated rings. The zero-order chi connectivity index (χ0) is 22.0. The number of rotatable bonds is 5. The van der Waals surface area contributed by atoms with Crippen molar-refractivity contribution in [2.45, 2.75) is 17.9 Å². The molecule has 0 radical (unpaired) electrons. The van der Waals surface area contributed by atoms with Crippen LogP contribution in [0.4, 0.5) is 16.2 Å². The highest BCUT2D eigenvalue weighted by molar-refractivity contribution is 7.80. The smallest absolute Gasteiger partial charge is 0.414 e. The number of morpholine rings is 1. The standard InChI is InChI=1S/C22H23N3O5S/c1-14-2-7-19(31)18(10-14)21(27)23-11-17-12-30-22(28)25(17)16-5-3-15(4-6-16)24-8-9-29-13-20(24)26/h2-7,10,17,31H,8-9,11-13H2,1H3,(H,23,27). The van der Waals surface area contributed by atoms with Crippen LogP contribution < -0.4 is 15.1 Å². The summed E-state index contributed by atoms with van der Waals surface area (Å²) in [5, 5.41) is 2.87. The first kappa shape index (κ1) is 21.2. The number of carbonyl (C=O) groups is 3. The van der Waals surface area contributed by atoms with Crippen molar-refractivity contribution in [1.29, 1.82) is 0 Å². The van der Waals surface area contributed by atoms with E-state index >= 15 is 0 Å². The molecule has 2 aliphatic rings. The minimum absolute atomic E-state index is 0.0664. The summed E-state index contributed by atoms with van der Waals surface area (Å²) in [4.78, 5) is 40.7. The molecule has 9 heteroatoms. The van der Waals surface area contributed by atoms with Crippen LogP contribution in [0.15, 0.2) is 47.4 Å². The lowest BCUT2D eigenvalue weighted by molar-refractivity contribution is -0.125. The second kappa shape index (κ2) is 8.99. The van der Waals surface area contributed by atoms with E-state index in [4.69, 9.17) is 9.47 Å². The number of aryl methyl sites for hydroxylation is 1. The van der Waals surface area contributed by atoms with Gasteiger partial charge in [-0.3, -0.25) is 14.5 Å². The molecule has 0 aromatic heterocycles. The molecule has 2 aliphatic heterocycles. The molecular formula is C22H23N3O5S. The zero-order valence-electron chi connectivity index (χ0n) is 17.0. The Labute approximate surface area is 185 Å². The van der Waals surface area contributed by atoms with E-state index in [0.29, 0.717) is 29.3 Å². The predicted molar refractivity (Wildman–Crippen MR) is 118 cm³/mol. The van der Waals surface area contributed by atoms with Crippen LogP contribution in [0.1, 0.15) is 15.9 Å². The molecule has 2 heterocycles. The molecule has 162 valence electrons. The van der Waals surface area contributed by atoms with Gasteiger partial charge >= 0.3 is 6.09 Å². The highest BCUT2D eigenvalue weighted by Crippen LogP contribution is 2.26. The van der Waals surface area contributed by atoms with Crippen molar-refractivity contribution in [1.82, 2.24) is 5.32 Å². The number of hydrogen-bond donors (Lipinski definition) is 2. The second-order valence-electron chi connectivity index (χ2n) is 7.45. The van der Waals surface area contributed by atoms with Gasteiger partial charge in [-0.15, -0.1) is 12.6 Å². The first-order valence-corrected chi connectivity index (χ1v) is 10.4. The van der Waals surface area contributed by atoms with E-state index in [1.54, 1.807) is 41.3 Å². The topological polar surface area (TPSA) is 88.2 Å². The fraction of sp³-hybridized carbons (Fsp3) is 0.318. The van der Waals surface area contributed by atoms with Crippen molar-refractivity contribution in [3.63, 3.8) is 0 Å². The highest BCUT2D eigenvalue weighted by Gasteiger charge is 2.34. The van der Waals surface area contributed by atoms with Crippen LogP contribution in [0, 0.1) is 6.92 Å². The third kappa shape index (κ3) is 4.52. The van der Waals surface area contributed by atoms with Gasteiger partial charge < -0.3 is 19.7 Å². The summed E-state index contributed by atoms with van der Waals surface area (Å²) >= 11 is 4.35. The minimum atomic E-state index is -0.472.